The normalized spacial score (nSPS) is 15.8. The minimum Gasteiger partial charge on any atom is -0.474 e. The summed E-state index contributed by atoms with van der Waals surface area (Å²) in [5.74, 6) is -1.20. The summed E-state index contributed by atoms with van der Waals surface area (Å²) in [6.45, 7) is 2.98. The number of benzene rings is 1. The Labute approximate surface area is 151 Å². The van der Waals surface area contributed by atoms with Crippen LogP contribution in [0.25, 0.3) is 0 Å². The van der Waals surface area contributed by atoms with E-state index >= 15 is 0 Å². The molecule has 0 aliphatic carbocycles. The number of thiocarbonyl (C=S) groups is 1. The topological polar surface area (TPSA) is 65.8 Å². The van der Waals surface area contributed by atoms with Crippen molar-refractivity contribution in [3.63, 3.8) is 0 Å². The first-order valence-corrected chi connectivity index (χ1v) is 8.27. The van der Waals surface area contributed by atoms with Gasteiger partial charge in [-0.15, -0.1) is 0 Å². The van der Waals surface area contributed by atoms with Gasteiger partial charge in [-0.1, -0.05) is 0 Å². The lowest BCUT2D eigenvalue weighted by Gasteiger charge is -2.34. The Balaban J connectivity index is 2.02. The van der Waals surface area contributed by atoms with E-state index in [1.54, 1.807) is 4.90 Å². The fraction of sp³-hybridized carbons (Fsp3) is 0.438. The third kappa shape index (κ3) is 5.43. The highest BCUT2D eigenvalue weighted by molar-refractivity contribution is 7.80. The van der Waals surface area contributed by atoms with Crippen molar-refractivity contribution in [1.29, 1.82) is 0 Å². The third-order valence-corrected chi connectivity index (χ3v) is 4.19. The number of piperazine rings is 1. The molecule has 9 heteroatoms. The fourth-order valence-corrected chi connectivity index (χ4v) is 2.53. The number of anilines is 2. The SMILES string of the molecule is COC(=S)NC/C(N)=C/Nc1cc(F)c(N2CCN(C)CC2)c(F)c1. The van der Waals surface area contributed by atoms with Crippen molar-refractivity contribution >= 4 is 28.8 Å². The maximum Gasteiger partial charge on any atom is 0.256 e. The second-order valence-corrected chi connectivity index (χ2v) is 6.16. The molecule has 2 rings (SSSR count). The number of nitrogens with one attached hydrogen (secondary N) is 2. The Morgan fingerprint density at radius 1 is 1.28 bits per heavy atom. The number of rotatable bonds is 5. The van der Waals surface area contributed by atoms with E-state index < -0.39 is 11.6 Å². The Bertz CT molecular complexity index is 624. The molecule has 25 heavy (non-hydrogen) atoms. The van der Waals surface area contributed by atoms with Crippen LogP contribution in [0, 0.1) is 11.6 Å². The summed E-state index contributed by atoms with van der Waals surface area (Å²) in [5.41, 5.74) is 6.49. The van der Waals surface area contributed by atoms with E-state index in [0.717, 1.165) is 13.1 Å². The summed E-state index contributed by atoms with van der Waals surface area (Å²) in [4.78, 5) is 3.85. The molecule has 4 N–H and O–H groups in total. The van der Waals surface area contributed by atoms with Crippen LogP contribution in [0.1, 0.15) is 0 Å². The number of ether oxygens (including phenoxy) is 1. The lowest BCUT2D eigenvalue weighted by molar-refractivity contribution is 0.310. The number of hydrogen-bond acceptors (Lipinski definition) is 6. The predicted molar refractivity (Wildman–Crippen MR) is 99.6 cm³/mol. The zero-order chi connectivity index (χ0) is 18.4. The van der Waals surface area contributed by atoms with E-state index in [0.29, 0.717) is 18.8 Å². The molecule has 0 spiro atoms. The van der Waals surface area contributed by atoms with Gasteiger partial charge in [0.2, 0.25) is 0 Å². The number of nitrogens with zero attached hydrogens (tertiary/aromatic N) is 2. The average Bonchev–Trinajstić information content (AvgIpc) is 2.58. The summed E-state index contributed by atoms with van der Waals surface area (Å²) >= 11 is 4.83. The molecular weight excluding hydrogens is 348 g/mol. The maximum absolute atomic E-state index is 14.4. The van der Waals surface area contributed by atoms with Crippen molar-refractivity contribution in [2.75, 3.05) is 57.1 Å². The molecular formula is C16H23F2N5OS. The highest BCUT2D eigenvalue weighted by Crippen LogP contribution is 2.28. The van der Waals surface area contributed by atoms with Crippen molar-refractivity contribution < 1.29 is 13.5 Å². The van der Waals surface area contributed by atoms with Crippen molar-refractivity contribution in [1.82, 2.24) is 10.2 Å². The first-order chi connectivity index (χ1) is 11.9. The number of nitrogens with two attached hydrogens (primary N) is 1. The van der Waals surface area contributed by atoms with Crippen LogP contribution in [-0.2, 0) is 4.74 Å². The molecule has 1 saturated heterocycles. The van der Waals surface area contributed by atoms with E-state index in [1.807, 2.05) is 7.05 Å². The van der Waals surface area contributed by atoms with Gasteiger partial charge < -0.3 is 30.9 Å². The van der Waals surface area contributed by atoms with Gasteiger partial charge in [-0.3, -0.25) is 0 Å². The van der Waals surface area contributed by atoms with E-state index in [4.69, 9.17) is 22.7 Å². The predicted octanol–water partition coefficient (Wildman–Crippen LogP) is 1.45. The van der Waals surface area contributed by atoms with E-state index in [2.05, 4.69) is 15.5 Å². The molecule has 0 bridgehead atoms. The zero-order valence-electron chi connectivity index (χ0n) is 14.3. The van der Waals surface area contributed by atoms with Crippen LogP contribution in [0.4, 0.5) is 20.2 Å². The highest BCUT2D eigenvalue weighted by atomic mass is 32.1. The maximum atomic E-state index is 14.4. The quantitative estimate of drug-likeness (QED) is 0.677. The summed E-state index contributed by atoms with van der Waals surface area (Å²) in [7, 11) is 3.43. The van der Waals surface area contributed by atoms with Crippen molar-refractivity contribution in [3.8, 4) is 0 Å². The Kier molecular flexibility index (Phi) is 6.77. The first kappa shape index (κ1) is 19.2. The van der Waals surface area contributed by atoms with E-state index in [-0.39, 0.29) is 23.1 Å². The van der Waals surface area contributed by atoms with Gasteiger partial charge >= 0.3 is 0 Å². The van der Waals surface area contributed by atoms with E-state index in [9.17, 15) is 8.78 Å². The molecule has 0 unspecified atom stereocenters. The number of likely N-dealkylation sites (N-methyl/N-ethyl adjacent to an activating group) is 1. The molecule has 1 fully saturated rings. The molecule has 0 aromatic heterocycles. The molecule has 1 aliphatic rings. The second kappa shape index (κ2) is 8.82. The van der Waals surface area contributed by atoms with Crippen LogP contribution in [-0.4, -0.2) is 57.0 Å². The van der Waals surface area contributed by atoms with Crippen molar-refractivity contribution in [2.45, 2.75) is 0 Å². The number of hydrogen-bond donors (Lipinski definition) is 3. The van der Waals surface area contributed by atoms with Gasteiger partial charge in [0.05, 0.1) is 13.7 Å². The van der Waals surface area contributed by atoms with Gasteiger partial charge in [0.15, 0.2) is 11.6 Å². The average molecular weight is 371 g/mol. The highest BCUT2D eigenvalue weighted by Gasteiger charge is 2.21. The van der Waals surface area contributed by atoms with Crippen LogP contribution < -0.4 is 21.3 Å². The lowest BCUT2D eigenvalue weighted by Crippen LogP contribution is -2.45. The molecule has 0 saturated carbocycles. The molecule has 0 radical (unpaired) electrons. The van der Waals surface area contributed by atoms with Gasteiger partial charge in [0.25, 0.3) is 5.17 Å². The van der Waals surface area contributed by atoms with Crippen LogP contribution in [0.5, 0.6) is 0 Å². The molecule has 6 nitrogen and oxygen atoms in total. The van der Waals surface area contributed by atoms with Gasteiger partial charge in [-0.2, -0.15) is 0 Å². The smallest absolute Gasteiger partial charge is 0.256 e. The number of halogens is 2. The molecule has 1 heterocycles. The molecule has 1 aromatic carbocycles. The molecule has 0 amide bonds. The summed E-state index contributed by atoms with van der Waals surface area (Å²) in [6.07, 6.45) is 1.45. The van der Waals surface area contributed by atoms with Crippen LogP contribution in [0.2, 0.25) is 0 Å². The minimum atomic E-state index is -0.599. The zero-order valence-corrected chi connectivity index (χ0v) is 15.1. The van der Waals surface area contributed by atoms with Gasteiger partial charge in [-0.25, -0.2) is 8.78 Å². The number of methoxy groups -OCH3 is 1. The fourth-order valence-electron chi connectivity index (χ4n) is 2.45. The second-order valence-electron chi connectivity index (χ2n) is 5.79. The monoisotopic (exact) mass is 371 g/mol. The molecule has 1 aromatic rings. The minimum absolute atomic E-state index is 0.0164. The summed E-state index contributed by atoms with van der Waals surface area (Å²) < 4.78 is 33.5. The molecule has 138 valence electrons. The summed E-state index contributed by atoms with van der Waals surface area (Å²) in [6, 6.07) is 2.52. The largest absolute Gasteiger partial charge is 0.474 e. The van der Waals surface area contributed by atoms with Gasteiger partial charge in [0, 0.05) is 43.8 Å². The van der Waals surface area contributed by atoms with Crippen LogP contribution >= 0.6 is 12.2 Å². The van der Waals surface area contributed by atoms with Crippen LogP contribution in [0.3, 0.4) is 0 Å². The van der Waals surface area contributed by atoms with Crippen molar-refractivity contribution in [2.24, 2.45) is 5.73 Å². The standard InChI is InChI=1S/C16H23F2N5OS/c1-22-3-5-23(6-4-22)15-13(17)7-12(8-14(15)18)20-9-11(19)10-21-16(25)24-2/h7-9,20H,3-6,10,19H2,1-2H3,(H,21,25)/b11-9-. The van der Waals surface area contributed by atoms with Gasteiger partial charge in [0.1, 0.15) is 5.69 Å². The van der Waals surface area contributed by atoms with Crippen LogP contribution in [0.15, 0.2) is 24.0 Å². The molecule has 0 atom stereocenters. The van der Waals surface area contributed by atoms with Crippen molar-refractivity contribution in [3.05, 3.63) is 35.7 Å². The van der Waals surface area contributed by atoms with E-state index in [1.165, 1.54) is 25.4 Å². The summed E-state index contributed by atoms with van der Waals surface area (Å²) in [5, 5.41) is 5.76. The Morgan fingerprint density at radius 2 is 1.88 bits per heavy atom. The first-order valence-electron chi connectivity index (χ1n) is 7.86. The van der Waals surface area contributed by atoms with Gasteiger partial charge in [-0.05, 0) is 31.4 Å². The third-order valence-electron chi connectivity index (χ3n) is 3.88. The Hall–Kier alpha value is -2.13. The molecule has 1 aliphatic heterocycles. The lowest BCUT2D eigenvalue weighted by atomic mass is 10.2. The Morgan fingerprint density at radius 3 is 2.44 bits per heavy atom.